The van der Waals surface area contributed by atoms with Gasteiger partial charge in [0.25, 0.3) is 0 Å². The second kappa shape index (κ2) is 11.0. The van der Waals surface area contributed by atoms with Crippen LogP contribution in [0.2, 0.25) is 5.02 Å². The molecule has 2 rings (SSSR count). The Hall–Kier alpha value is -1.79. The maximum absolute atomic E-state index is 6.27. The van der Waals surface area contributed by atoms with Gasteiger partial charge in [-0.2, -0.15) is 0 Å². The molecule has 0 saturated carbocycles. The number of nitrogens with zero attached hydrogens (tertiary/aromatic N) is 2. The summed E-state index contributed by atoms with van der Waals surface area (Å²) in [4.78, 5) is 8.75. The highest BCUT2D eigenvalue weighted by atomic mass is 35.5. The van der Waals surface area contributed by atoms with Gasteiger partial charge in [-0.15, -0.1) is 11.3 Å². The van der Waals surface area contributed by atoms with Crippen molar-refractivity contribution < 1.29 is 4.74 Å². The van der Waals surface area contributed by atoms with E-state index in [1.54, 1.807) is 25.5 Å². The number of methoxy groups -OCH3 is 1. The van der Waals surface area contributed by atoms with E-state index in [2.05, 4.69) is 26.0 Å². The first kappa shape index (κ1) is 20.5. The number of benzene rings is 1. The lowest BCUT2D eigenvalue weighted by atomic mass is 10.1. The molecule has 1 aromatic carbocycles. The molecule has 1 heterocycles. The Balaban J connectivity index is 1.63. The van der Waals surface area contributed by atoms with Crippen molar-refractivity contribution in [2.75, 3.05) is 27.2 Å². The average molecular weight is 395 g/mol. The Morgan fingerprint density at radius 1 is 1.23 bits per heavy atom. The van der Waals surface area contributed by atoms with Crippen LogP contribution in [0.25, 0.3) is 0 Å². The van der Waals surface area contributed by atoms with E-state index in [1.807, 2.05) is 25.1 Å². The molecular weight excluding hydrogens is 368 g/mol. The molecular formula is C19H27ClN4OS. The molecule has 0 bridgehead atoms. The summed E-state index contributed by atoms with van der Waals surface area (Å²) in [6.45, 7) is 3.70. The number of hydrogen-bond donors (Lipinski definition) is 2. The minimum Gasteiger partial charge on any atom is -0.497 e. The number of ether oxygens (including phenoxy) is 1. The third-order valence-corrected chi connectivity index (χ3v) is 5.33. The van der Waals surface area contributed by atoms with Crippen LogP contribution < -0.4 is 15.4 Å². The first-order valence-corrected chi connectivity index (χ1v) is 10.1. The Bertz CT molecular complexity index is 717. The number of rotatable bonds is 9. The van der Waals surface area contributed by atoms with Crippen molar-refractivity contribution in [2.45, 2.75) is 32.6 Å². The number of nitrogens with one attached hydrogen (secondary N) is 2. The molecule has 5 nitrogen and oxygen atoms in total. The highest BCUT2D eigenvalue weighted by Gasteiger charge is 2.04. The lowest BCUT2D eigenvalue weighted by Gasteiger charge is -2.12. The van der Waals surface area contributed by atoms with Gasteiger partial charge in [-0.05, 0) is 50.3 Å². The van der Waals surface area contributed by atoms with E-state index in [-0.39, 0.29) is 0 Å². The topological polar surface area (TPSA) is 58.5 Å². The van der Waals surface area contributed by atoms with E-state index in [0.29, 0.717) is 0 Å². The van der Waals surface area contributed by atoms with Gasteiger partial charge in [0.2, 0.25) is 0 Å². The van der Waals surface area contributed by atoms with Gasteiger partial charge in [-0.1, -0.05) is 17.7 Å². The minimum absolute atomic E-state index is 0.728. The van der Waals surface area contributed by atoms with Gasteiger partial charge in [0, 0.05) is 36.2 Å². The average Bonchev–Trinajstić information content (AvgIpc) is 3.06. The van der Waals surface area contributed by atoms with E-state index in [9.17, 15) is 0 Å². The van der Waals surface area contributed by atoms with Crippen molar-refractivity contribution in [1.82, 2.24) is 15.6 Å². The van der Waals surface area contributed by atoms with Gasteiger partial charge in [0.15, 0.2) is 5.96 Å². The fourth-order valence-electron chi connectivity index (χ4n) is 2.52. The lowest BCUT2D eigenvalue weighted by molar-refractivity contribution is 0.414. The van der Waals surface area contributed by atoms with E-state index >= 15 is 0 Å². The number of hydrogen-bond acceptors (Lipinski definition) is 4. The monoisotopic (exact) mass is 394 g/mol. The third-order valence-electron chi connectivity index (χ3n) is 3.95. The van der Waals surface area contributed by atoms with Crippen LogP contribution in [0, 0.1) is 6.92 Å². The van der Waals surface area contributed by atoms with Crippen LogP contribution in [-0.4, -0.2) is 38.2 Å². The van der Waals surface area contributed by atoms with Crippen molar-refractivity contribution >= 4 is 28.9 Å². The van der Waals surface area contributed by atoms with Crippen LogP contribution in [0.1, 0.15) is 29.1 Å². The second-order valence-corrected chi connectivity index (χ2v) is 7.32. The number of aryl methyl sites for hydroxylation is 2. The van der Waals surface area contributed by atoms with Gasteiger partial charge in [-0.25, -0.2) is 4.98 Å². The number of aliphatic imine (C=N–C) groups is 1. The Morgan fingerprint density at radius 3 is 2.69 bits per heavy atom. The molecule has 7 heteroatoms. The molecule has 0 radical (unpaired) electrons. The summed E-state index contributed by atoms with van der Waals surface area (Å²) in [5.41, 5.74) is 2.21. The van der Waals surface area contributed by atoms with Crippen LogP contribution in [0.4, 0.5) is 0 Å². The Morgan fingerprint density at radius 2 is 2.04 bits per heavy atom. The van der Waals surface area contributed by atoms with Crippen LogP contribution in [0.15, 0.2) is 28.6 Å². The third kappa shape index (κ3) is 6.84. The van der Waals surface area contributed by atoms with Crippen LogP contribution >= 0.6 is 22.9 Å². The first-order valence-electron chi connectivity index (χ1n) is 8.80. The molecule has 0 amide bonds. The molecule has 2 aromatic rings. The van der Waals surface area contributed by atoms with Crippen molar-refractivity contribution in [3.63, 3.8) is 0 Å². The number of aromatic nitrogens is 1. The van der Waals surface area contributed by atoms with Crippen molar-refractivity contribution in [2.24, 2.45) is 4.99 Å². The van der Waals surface area contributed by atoms with Crippen molar-refractivity contribution in [1.29, 1.82) is 0 Å². The molecule has 0 aliphatic carbocycles. The van der Waals surface area contributed by atoms with Crippen molar-refractivity contribution in [3.8, 4) is 5.75 Å². The molecule has 0 unspecified atom stereocenters. The summed E-state index contributed by atoms with van der Waals surface area (Å²) >= 11 is 8.01. The predicted octanol–water partition coefficient (Wildman–Crippen LogP) is 3.84. The Labute approximate surface area is 164 Å². The maximum Gasteiger partial charge on any atom is 0.190 e. The standard InChI is InChI=1S/C19H27ClN4OS/c1-14-13-26-18(24-14)6-4-5-10-22-19(21-2)23-11-9-15-7-8-16(25-3)12-17(15)20/h7-8,12-13H,4-6,9-11H2,1-3H3,(H2,21,22,23). The highest BCUT2D eigenvalue weighted by Crippen LogP contribution is 2.22. The van der Waals surface area contributed by atoms with Crippen LogP contribution in [-0.2, 0) is 12.8 Å². The SMILES string of the molecule is CN=C(NCCCCc1nc(C)cs1)NCCc1ccc(OC)cc1Cl. The molecule has 0 fully saturated rings. The number of unbranched alkanes of at least 4 members (excludes halogenated alkanes) is 1. The summed E-state index contributed by atoms with van der Waals surface area (Å²) in [5, 5.41) is 10.7. The van der Waals surface area contributed by atoms with Gasteiger partial charge >= 0.3 is 0 Å². The molecule has 1 aromatic heterocycles. The number of thiazole rings is 1. The van der Waals surface area contributed by atoms with Crippen LogP contribution in [0.5, 0.6) is 5.75 Å². The van der Waals surface area contributed by atoms with E-state index < -0.39 is 0 Å². The number of halogens is 1. The molecule has 0 aliphatic heterocycles. The van der Waals surface area contributed by atoms with Gasteiger partial charge < -0.3 is 15.4 Å². The van der Waals surface area contributed by atoms with Gasteiger partial charge in [0.1, 0.15) is 5.75 Å². The summed E-state index contributed by atoms with van der Waals surface area (Å²) < 4.78 is 5.17. The smallest absolute Gasteiger partial charge is 0.190 e. The Kier molecular flexibility index (Phi) is 8.71. The fraction of sp³-hybridized carbons (Fsp3) is 0.474. The fourth-order valence-corrected chi connectivity index (χ4v) is 3.60. The molecule has 142 valence electrons. The minimum atomic E-state index is 0.728. The summed E-state index contributed by atoms with van der Waals surface area (Å²) in [6.07, 6.45) is 4.08. The number of guanidine groups is 1. The molecule has 0 aliphatic rings. The maximum atomic E-state index is 6.27. The van der Waals surface area contributed by atoms with Crippen molar-refractivity contribution in [3.05, 3.63) is 44.9 Å². The second-order valence-electron chi connectivity index (χ2n) is 5.97. The zero-order valence-corrected chi connectivity index (χ0v) is 17.2. The molecule has 0 saturated heterocycles. The summed E-state index contributed by atoms with van der Waals surface area (Å²) in [6, 6.07) is 5.77. The molecule has 0 atom stereocenters. The highest BCUT2D eigenvalue weighted by molar-refractivity contribution is 7.09. The van der Waals surface area contributed by atoms with Gasteiger partial charge in [0.05, 0.1) is 12.1 Å². The zero-order chi connectivity index (χ0) is 18.8. The summed E-state index contributed by atoms with van der Waals surface area (Å²) in [7, 11) is 3.43. The molecule has 26 heavy (non-hydrogen) atoms. The lowest BCUT2D eigenvalue weighted by Crippen LogP contribution is -2.38. The van der Waals surface area contributed by atoms with E-state index in [1.165, 1.54) is 5.01 Å². The largest absolute Gasteiger partial charge is 0.497 e. The van der Waals surface area contributed by atoms with Gasteiger partial charge in [-0.3, -0.25) is 4.99 Å². The van der Waals surface area contributed by atoms with E-state index in [0.717, 1.165) is 66.8 Å². The molecule has 2 N–H and O–H groups in total. The predicted molar refractivity (Wildman–Crippen MR) is 111 cm³/mol. The quantitative estimate of drug-likeness (QED) is 0.385. The summed E-state index contributed by atoms with van der Waals surface area (Å²) in [5.74, 6) is 1.59. The molecule has 0 spiro atoms. The zero-order valence-electron chi connectivity index (χ0n) is 15.6. The van der Waals surface area contributed by atoms with E-state index in [4.69, 9.17) is 16.3 Å². The normalized spacial score (nSPS) is 11.5. The first-order chi connectivity index (χ1) is 12.6. The van der Waals surface area contributed by atoms with Crippen LogP contribution in [0.3, 0.4) is 0 Å².